The van der Waals surface area contributed by atoms with Gasteiger partial charge in [-0.1, -0.05) is 23.4 Å². The normalized spacial score (nSPS) is 12.2. The number of amides is 2. The molecule has 1 unspecified atom stereocenters. The highest BCUT2D eigenvalue weighted by molar-refractivity contribution is 8.00. The number of oxazole rings is 1. The van der Waals surface area contributed by atoms with Gasteiger partial charge in [0.15, 0.2) is 5.58 Å². The molecule has 1 aromatic carbocycles. The Balaban J connectivity index is 1.71. The van der Waals surface area contributed by atoms with E-state index in [1.165, 1.54) is 23.1 Å². The van der Waals surface area contributed by atoms with E-state index < -0.39 is 11.2 Å². The van der Waals surface area contributed by atoms with Gasteiger partial charge in [-0.3, -0.25) is 9.59 Å². The number of hydrogen-bond acceptors (Lipinski definition) is 6. The van der Waals surface area contributed by atoms with Gasteiger partial charge in [0.25, 0.3) is 11.1 Å². The van der Waals surface area contributed by atoms with Crippen LogP contribution in [0.3, 0.4) is 0 Å². The minimum atomic E-state index is -0.581. The van der Waals surface area contributed by atoms with Gasteiger partial charge in [-0.15, -0.1) is 11.3 Å². The summed E-state index contributed by atoms with van der Waals surface area (Å²) in [5.41, 5.74) is 6.79. The van der Waals surface area contributed by atoms with E-state index in [-0.39, 0.29) is 5.91 Å². The number of thiophene rings is 1. The van der Waals surface area contributed by atoms with Crippen molar-refractivity contribution in [3.63, 3.8) is 0 Å². The summed E-state index contributed by atoms with van der Waals surface area (Å²) in [6, 6.07) is 6.71. The highest BCUT2D eigenvalue weighted by Gasteiger charge is 2.20. The molecule has 2 aromatic heterocycles. The molecule has 2 heterocycles. The molecule has 1 atom stereocenters. The van der Waals surface area contributed by atoms with Crippen LogP contribution in [0, 0.1) is 0 Å². The van der Waals surface area contributed by atoms with Crippen molar-refractivity contribution >= 4 is 62.6 Å². The highest BCUT2D eigenvalue weighted by atomic mass is 35.5. The van der Waals surface area contributed by atoms with Gasteiger partial charge >= 0.3 is 0 Å². The molecule has 3 rings (SSSR count). The fraction of sp³-hybridized carbons (Fsp3) is 0.133. The number of primary amides is 1. The number of thioether (sulfide) groups is 1. The molecule has 3 N–H and O–H groups in total. The van der Waals surface area contributed by atoms with Crippen molar-refractivity contribution in [3.05, 3.63) is 40.2 Å². The number of benzene rings is 1. The van der Waals surface area contributed by atoms with Crippen LogP contribution in [0.5, 0.6) is 0 Å². The fourth-order valence-electron chi connectivity index (χ4n) is 1.95. The summed E-state index contributed by atoms with van der Waals surface area (Å²) in [4.78, 5) is 27.9. The Morgan fingerprint density at radius 1 is 1.42 bits per heavy atom. The van der Waals surface area contributed by atoms with E-state index in [2.05, 4.69) is 10.3 Å². The van der Waals surface area contributed by atoms with E-state index in [9.17, 15) is 9.59 Å². The summed E-state index contributed by atoms with van der Waals surface area (Å²) in [6.45, 7) is 1.72. The van der Waals surface area contributed by atoms with Crippen molar-refractivity contribution in [1.29, 1.82) is 0 Å². The Bertz CT molecular complexity index is 922. The second-order valence-corrected chi connectivity index (χ2v) is 7.51. The number of halogens is 1. The van der Waals surface area contributed by atoms with Crippen molar-refractivity contribution in [2.24, 2.45) is 5.73 Å². The van der Waals surface area contributed by atoms with Crippen molar-refractivity contribution in [2.75, 3.05) is 5.32 Å². The van der Waals surface area contributed by atoms with Crippen LogP contribution in [0.4, 0.5) is 5.00 Å². The van der Waals surface area contributed by atoms with Gasteiger partial charge in [0, 0.05) is 5.02 Å². The Hall–Kier alpha value is -2.03. The zero-order valence-corrected chi connectivity index (χ0v) is 14.8. The first-order chi connectivity index (χ1) is 11.4. The first-order valence-corrected chi connectivity index (χ1v) is 8.98. The van der Waals surface area contributed by atoms with E-state index in [1.807, 2.05) is 0 Å². The smallest absolute Gasteiger partial charge is 0.257 e. The molecule has 0 spiro atoms. The summed E-state index contributed by atoms with van der Waals surface area (Å²) in [5, 5.41) is 5.29. The summed E-state index contributed by atoms with van der Waals surface area (Å²) < 4.78 is 5.58. The largest absolute Gasteiger partial charge is 0.431 e. The molecule has 124 valence electrons. The zero-order valence-electron chi connectivity index (χ0n) is 12.4. The van der Waals surface area contributed by atoms with Gasteiger partial charge in [0.2, 0.25) is 5.91 Å². The van der Waals surface area contributed by atoms with E-state index >= 15 is 0 Å². The Morgan fingerprint density at radius 3 is 2.96 bits per heavy atom. The van der Waals surface area contributed by atoms with Crippen LogP contribution in [0.1, 0.15) is 17.3 Å². The molecule has 2 amide bonds. The number of fused-ring (bicyclic) bond motifs is 1. The number of hydrogen-bond donors (Lipinski definition) is 2. The maximum Gasteiger partial charge on any atom is 0.257 e. The predicted octanol–water partition coefficient (Wildman–Crippen LogP) is 3.76. The number of nitrogens with zero attached hydrogens (tertiary/aromatic N) is 1. The summed E-state index contributed by atoms with van der Waals surface area (Å²) in [7, 11) is 0. The molecule has 24 heavy (non-hydrogen) atoms. The van der Waals surface area contributed by atoms with Gasteiger partial charge in [0.1, 0.15) is 10.5 Å². The molecule has 9 heteroatoms. The predicted molar refractivity (Wildman–Crippen MR) is 95.8 cm³/mol. The van der Waals surface area contributed by atoms with Crippen LogP contribution in [0.25, 0.3) is 11.1 Å². The number of anilines is 1. The topological polar surface area (TPSA) is 98.2 Å². The molecule has 0 radical (unpaired) electrons. The maximum absolute atomic E-state index is 12.3. The molecule has 3 aromatic rings. The molecular formula is C15H12ClN3O3S2. The molecular weight excluding hydrogens is 370 g/mol. The molecule has 0 saturated heterocycles. The quantitative estimate of drug-likeness (QED) is 0.655. The third kappa shape index (κ3) is 3.55. The number of carbonyl (C=O) groups is 2. The third-order valence-electron chi connectivity index (χ3n) is 3.14. The van der Waals surface area contributed by atoms with Crippen LogP contribution in [-0.4, -0.2) is 22.0 Å². The van der Waals surface area contributed by atoms with Crippen LogP contribution in [0.2, 0.25) is 5.02 Å². The summed E-state index contributed by atoms with van der Waals surface area (Å²) in [6.07, 6.45) is 0. The molecule has 0 aliphatic carbocycles. The number of carbonyl (C=O) groups excluding carboxylic acids is 2. The van der Waals surface area contributed by atoms with Gasteiger partial charge in [-0.05, 0) is 36.6 Å². The third-order valence-corrected chi connectivity index (χ3v) is 5.15. The average Bonchev–Trinajstić information content (AvgIpc) is 3.12. The maximum atomic E-state index is 12.3. The second kappa shape index (κ2) is 6.84. The van der Waals surface area contributed by atoms with Gasteiger partial charge in [-0.2, -0.15) is 0 Å². The van der Waals surface area contributed by atoms with E-state index in [1.54, 1.807) is 36.6 Å². The van der Waals surface area contributed by atoms with E-state index in [0.29, 0.717) is 31.9 Å². The van der Waals surface area contributed by atoms with E-state index in [4.69, 9.17) is 21.8 Å². The lowest BCUT2D eigenvalue weighted by Crippen LogP contribution is -2.23. The first-order valence-electron chi connectivity index (χ1n) is 6.85. The molecule has 0 saturated carbocycles. The van der Waals surface area contributed by atoms with E-state index in [0.717, 1.165) is 0 Å². The fourth-order valence-corrected chi connectivity index (χ4v) is 3.67. The zero-order chi connectivity index (χ0) is 17.3. The number of nitrogens with one attached hydrogen (secondary N) is 1. The standard InChI is InChI=1S/C15H12ClN3O3S2/c1-7(13(21)19-14-9(12(17)20)4-5-23-14)24-15-18-10-6-8(16)2-3-11(10)22-15/h2-7H,1H3,(H2,17,20)(H,19,21). The van der Waals surface area contributed by atoms with Crippen LogP contribution in [0.15, 0.2) is 39.3 Å². The SMILES string of the molecule is CC(Sc1nc2cc(Cl)ccc2o1)C(=O)Nc1sccc1C(N)=O. The van der Waals surface area contributed by atoms with Crippen LogP contribution in [-0.2, 0) is 4.79 Å². The highest BCUT2D eigenvalue weighted by Crippen LogP contribution is 2.29. The van der Waals surface area contributed by atoms with Gasteiger partial charge in [0.05, 0.1) is 10.8 Å². The number of nitrogens with two attached hydrogens (primary N) is 1. The number of rotatable bonds is 5. The molecule has 0 bridgehead atoms. The van der Waals surface area contributed by atoms with Crippen LogP contribution >= 0.6 is 34.7 Å². The van der Waals surface area contributed by atoms with Crippen molar-refractivity contribution < 1.29 is 14.0 Å². The first kappa shape index (κ1) is 16.8. The Kier molecular flexibility index (Phi) is 4.79. The molecule has 0 aliphatic heterocycles. The van der Waals surface area contributed by atoms with Gasteiger partial charge in [-0.25, -0.2) is 4.98 Å². The Morgan fingerprint density at radius 2 is 2.21 bits per heavy atom. The Labute approximate surface area is 150 Å². The van der Waals surface area contributed by atoms with Crippen molar-refractivity contribution in [2.45, 2.75) is 17.4 Å². The monoisotopic (exact) mass is 381 g/mol. The average molecular weight is 382 g/mol. The minimum Gasteiger partial charge on any atom is -0.431 e. The van der Waals surface area contributed by atoms with Gasteiger partial charge < -0.3 is 15.5 Å². The van der Waals surface area contributed by atoms with Crippen molar-refractivity contribution in [1.82, 2.24) is 4.98 Å². The van der Waals surface area contributed by atoms with Crippen LogP contribution < -0.4 is 11.1 Å². The summed E-state index contributed by atoms with van der Waals surface area (Å²) in [5.74, 6) is -0.854. The molecule has 6 nitrogen and oxygen atoms in total. The lowest BCUT2D eigenvalue weighted by molar-refractivity contribution is -0.115. The number of aromatic nitrogens is 1. The second-order valence-electron chi connectivity index (χ2n) is 4.87. The minimum absolute atomic E-state index is 0.273. The van der Waals surface area contributed by atoms with Crippen molar-refractivity contribution in [3.8, 4) is 0 Å². The molecule has 0 aliphatic rings. The summed E-state index contributed by atoms with van der Waals surface area (Å²) >= 11 is 8.33. The lowest BCUT2D eigenvalue weighted by Gasteiger charge is -2.09. The molecule has 0 fully saturated rings. The lowest BCUT2D eigenvalue weighted by atomic mass is 10.3.